The lowest BCUT2D eigenvalue weighted by molar-refractivity contribution is -0.117. The van der Waals surface area contributed by atoms with E-state index >= 15 is 0 Å². The van der Waals surface area contributed by atoms with Crippen molar-refractivity contribution in [1.82, 2.24) is 14.6 Å². The number of carbonyl (C=O) groups is 1. The molecule has 0 unspecified atom stereocenters. The van der Waals surface area contributed by atoms with Crippen LogP contribution >= 0.6 is 0 Å². The Morgan fingerprint density at radius 1 is 1.33 bits per heavy atom. The first-order chi connectivity index (χ1) is 11.4. The third kappa shape index (κ3) is 3.18. The van der Waals surface area contributed by atoms with E-state index in [9.17, 15) is 13.2 Å². The summed E-state index contributed by atoms with van der Waals surface area (Å²) in [6, 6.07) is 8.09. The van der Waals surface area contributed by atoms with Crippen LogP contribution in [0.25, 0.3) is 10.9 Å². The van der Waals surface area contributed by atoms with Gasteiger partial charge in [-0.15, -0.1) is 0 Å². The van der Waals surface area contributed by atoms with Gasteiger partial charge in [-0.1, -0.05) is 18.2 Å². The zero-order chi connectivity index (χ0) is 17.3. The van der Waals surface area contributed by atoms with Crippen LogP contribution in [0.3, 0.4) is 0 Å². The maximum absolute atomic E-state index is 12.2. The summed E-state index contributed by atoms with van der Waals surface area (Å²) in [6.45, 7) is 1.98. The number of hydrogen-bond acceptors (Lipinski definition) is 3. The molecule has 0 atom stereocenters. The molecule has 1 aromatic heterocycles. The summed E-state index contributed by atoms with van der Waals surface area (Å²) in [4.78, 5) is 12.2. The number of nitrogens with one attached hydrogen (secondary N) is 2. The molecular formula is C16H18N4O3S. The van der Waals surface area contributed by atoms with Crippen LogP contribution in [0, 0.1) is 0 Å². The average molecular weight is 346 g/mol. The number of carbonyl (C=O) groups excluding carboxylic acids is 1. The van der Waals surface area contributed by atoms with Gasteiger partial charge in [-0.3, -0.25) is 9.52 Å². The second-order valence-electron chi connectivity index (χ2n) is 5.64. The van der Waals surface area contributed by atoms with Gasteiger partial charge in [0.05, 0.1) is 11.8 Å². The van der Waals surface area contributed by atoms with Crippen LogP contribution in [0.2, 0.25) is 0 Å². The predicted octanol–water partition coefficient (Wildman–Crippen LogP) is 1.03. The molecule has 3 rings (SSSR count). The maximum Gasteiger partial charge on any atom is 0.342 e. The molecule has 2 heterocycles. The standard InChI is InChI=1S/C16H18N4O3S/c1-11-14(9-18-24(22,23)19-11)16(21)17-8-7-12-10-20(2)15-6-4-3-5-13(12)15/h3-6,9-10,19H,7-8H2,1-2H3,(H,17,21). The first kappa shape index (κ1) is 16.3. The van der Waals surface area contributed by atoms with E-state index in [0.29, 0.717) is 13.0 Å². The number of aryl methyl sites for hydroxylation is 1. The minimum atomic E-state index is -3.70. The zero-order valence-electron chi connectivity index (χ0n) is 13.4. The van der Waals surface area contributed by atoms with Gasteiger partial charge in [0, 0.05) is 36.4 Å². The Labute approximate surface area is 140 Å². The lowest BCUT2D eigenvalue weighted by Gasteiger charge is -2.13. The van der Waals surface area contributed by atoms with Crippen molar-refractivity contribution in [3.05, 3.63) is 47.3 Å². The molecule has 1 aromatic carbocycles. The maximum atomic E-state index is 12.2. The minimum absolute atomic E-state index is 0.225. The predicted molar refractivity (Wildman–Crippen MR) is 92.9 cm³/mol. The smallest absolute Gasteiger partial charge is 0.342 e. The highest BCUT2D eigenvalue weighted by atomic mass is 32.2. The Kier molecular flexibility index (Phi) is 4.15. The van der Waals surface area contributed by atoms with Gasteiger partial charge in [0.15, 0.2) is 0 Å². The van der Waals surface area contributed by atoms with Gasteiger partial charge in [0.25, 0.3) is 5.91 Å². The number of allylic oxidation sites excluding steroid dienone is 1. The van der Waals surface area contributed by atoms with Gasteiger partial charge < -0.3 is 9.88 Å². The van der Waals surface area contributed by atoms with Crippen molar-refractivity contribution in [3.8, 4) is 0 Å². The van der Waals surface area contributed by atoms with Crippen molar-refractivity contribution < 1.29 is 13.2 Å². The minimum Gasteiger partial charge on any atom is -0.352 e. The molecule has 0 fully saturated rings. The van der Waals surface area contributed by atoms with Crippen molar-refractivity contribution in [2.45, 2.75) is 13.3 Å². The van der Waals surface area contributed by atoms with E-state index in [-0.39, 0.29) is 17.2 Å². The van der Waals surface area contributed by atoms with E-state index in [4.69, 9.17) is 0 Å². The summed E-state index contributed by atoms with van der Waals surface area (Å²) < 4.78 is 30.2. The van der Waals surface area contributed by atoms with Crippen LogP contribution in [0.1, 0.15) is 12.5 Å². The van der Waals surface area contributed by atoms with Crippen LogP contribution in [-0.4, -0.2) is 31.7 Å². The highest BCUT2D eigenvalue weighted by molar-refractivity contribution is 7.88. The number of para-hydroxylation sites is 1. The van der Waals surface area contributed by atoms with Crippen LogP contribution in [0.15, 0.2) is 46.1 Å². The summed E-state index contributed by atoms with van der Waals surface area (Å²) in [5.41, 5.74) is 2.79. The van der Waals surface area contributed by atoms with Crippen molar-refractivity contribution in [3.63, 3.8) is 0 Å². The molecule has 1 aliphatic rings. The molecule has 0 bridgehead atoms. The normalized spacial score (nSPS) is 16.2. The molecule has 0 spiro atoms. The van der Waals surface area contributed by atoms with Gasteiger partial charge in [0.1, 0.15) is 0 Å². The number of aromatic nitrogens is 1. The SMILES string of the molecule is CC1=C(C(=O)NCCc2cn(C)c3ccccc23)C=NS(=O)(=O)N1. The van der Waals surface area contributed by atoms with E-state index < -0.39 is 10.2 Å². The highest BCUT2D eigenvalue weighted by Crippen LogP contribution is 2.20. The Balaban J connectivity index is 1.66. The molecule has 2 N–H and O–H groups in total. The average Bonchev–Trinajstić information content (AvgIpc) is 2.83. The van der Waals surface area contributed by atoms with E-state index in [2.05, 4.69) is 37.3 Å². The fraction of sp³-hybridized carbons (Fsp3) is 0.250. The number of hydrogen-bond donors (Lipinski definition) is 2. The lowest BCUT2D eigenvalue weighted by Crippen LogP contribution is -2.33. The van der Waals surface area contributed by atoms with Crippen molar-refractivity contribution in [2.75, 3.05) is 6.54 Å². The fourth-order valence-electron chi connectivity index (χ4n) is 2.75. The molecule has 126 valence electrons. The van der Waals surface area contributed by atoms with Crippen LogP contribution < -0.4 is 10.0 Å². The van der Waals surface area contributed by atoms with Gasteiger partial charge in [0.2, 0.25) is 0 Å². The highest BCUT2D eigenvalue weighted by Gasteiger charge is 2.20. The molecular weight excluding hydrogens is 328 g/mol. The summed E-state index contributed by atoms with van der Waals surface area (Å²) in [5, 5.41) is 3.96. The first-order valence-electron chi connectivity index (χ1n) is 7.47. The van der Waals surface area contributed by atoms with Gasteiger partial charge in [-0.25, -0.2) is 0 Å². The largest absolute Gasteiger partial charge is 0.352 e. The number of nitrogens with zero attached hydrogens (tertiary/aromatic N) is 2. The van der Waals surface area contributed by atoms with Crippen molar-refractivity contribution >= 4 is 33.2 Å². The van der Waals surface area contributed by atoms with E-state index in [0.717, 1.165) is 22.7 Å². The van der Waals surface area contributed by atoms with E-state index in [1.807, 2.05) is 19.2 Å². The molecule has 1 amide bonds. The molecule has 0 aliphatic carbocycles. The molecule has 7 nitrogen and oxygen atoms in total. The molecule has 0 saturated carbocycles. The Morgan fingerprint density at radius 2 is 2.08 bits per heavy atom. The fourth-order valence-corrected chi connectivity index (χ4v) is 3.55. The van der Waals surface area contributed by atoms with Crippen LogP contribution in [0.5, 0.6) is 0 Å². The molecule has 0 radical (unpaired) electrons. The van der Waals surface area contributed by atoms with Gasteiger partial charge in [-0.05, 0) is 25.0 Å². The molecule has 8 heteroatoms. The summed E-state index contributed by atoms with van der Waals surface area (Å²) in [6.07, 6.45) is 3.81. The zero-order valence-corrected chi connectivity index (χ0v) is 14.2. The molecule has 2 aromatic rings. The summed E-state index contributed by atoms with van der Waals surface area (Å²) >= 11 is 0. The Morgan fingerprint density at radius 3 is 2.83 bits per heavy atom. The molecule has 1 aliphatic heterocycles. The van der Waals surface area contributed by atoms with Crippen LogP contribution in [0.4, 0.5) is 0 Å². The monoisotopic (exact) mass is 346 g/mol. The number of rotatable bonds is 4. The number of amides is 1. The third-order valence-corrected chi connectivity index (χ3v) is 4.86. The quantitative estimate of drug-likeness (QED) is 0.866. The molecule has 24 heavy (non-hydrogen) atoms. The van der Waals surface area contributed by atoms with E-state index in [1.165, 1.54) is 6.92 Å². The van der Waals surface area contributed by atoms with Crippen molar-refractivity contribution in [2.24, 2.45) is 11.4 Å². The summed E-state index contributed by atoms with van der Waals surface area (Å²) in [7, 11) is -1.72. The first-order valence-corrected chi connectivity index (χ1v) is 8.91. The second kappa shape index (κ2) is 6.12. The van der Waals surface area contributed by atoms with Gasteiger partial charge >= 0.3 is 10.2 Å². The second-order valence-corrected chi connectivity index (χ2v) is 7.00. The number of fused-ring (bicyclic) bond motifs is 1. The van der Waals surface area contributed by atoms with Crippen molar-refractivity contribution in [1.29, 1.82) is 0 Å². The van der Waals surface area contributed by atoms with Crippen LogP contribution in [-0.2, 0) is 28.5 Å². The number of benzene rings is 1. The third-order valence-electron chi connectivity index (χ3n) is 3.91. The topological polar surface area (TPSA) is 92.6 Å². The summed E-state index contributed by atoms with van der Waals surface area (Å²) in [5.74, 6) is -0.348. The van der Waals surface area contributed by atoms with Gasteiger partial charge in [-0.2, -0.15) is 12.8 Å². The molecule has 0 saturated heterocycles. The van der Waals surface area contributed by atoms with E-state index in [1.54, 1.807) is 0 Å². The Bertz CT molecular complexity index is 970. The Hall–Kier alpha value is -2.61. The lowest BCUT2D eigenvalue weighted by atomic mass is 10.1.